The summed E-state index contributed by atoms with van der Waals surface area (Å²) in [6.45, 7) is 2.70. The van der Waals surface area contributed by atoms with E-state index >= 15 is 0 Å². The second-order valence-corrected chi connectivity index (χ2v) is 6.97. The standard InChI is InChI=1S/C13H19N3O5S.ClH/c1-9-7-10(5-6-14-9)15-22(19,20)13-8-11(16(17)18)3-4-12(13)21-2;/h3-4,8-10,14-15H,5-7H2,1-2H3;1H. The van der Waals surface area contributed by atoms with Gasteiger partial charge in [-0.15, -0.1) is 12.4 Å². The van der Waals surface area contributed by atoms with Gasteiger partial charge in [0.15, 0.2) is 0 Å². The van der Waals surface area contributed by atoms with Gasteiger partial charge < -0.3 is 10.1 Å². The van der Waals surface area contributed by atoms with Gasteiger partial charge in [0, 0.05) is 24.2 Å². The lowest BCUT2D eigenvalue weighted by Gasteiger charge is -2.28. The summed E-state index contributed by atoms with van der Waals surface area (Å²) in [5.41, 5.74) is -0.292. The van der Waals surface area contributed by atoms with Crippen molar-refractivity contribution in [2.45, 2.75) is 36.7 Å². The number of non-ortho nitro benzene ring substituents is 1. The van der Waals surface area contributed by atoms with E-state index in [0.29, 0.717) is 12.8 Å². The van der Waals surface area contributed by atoms with Crippen LogP contribution in [0.3, 0.4) is 0 Å². The summed E-state index contributed by atoms with van der Waals surface area (Å²) in [4.78, 5) is 10.0. The topological polar surface area (TPSA) is 111 Å². The van der Waals surface area contributed by atoms with Crippen LogP contribution in [-0.4, -0.2) is 39.1 Å². The average Bonchev–Trinajstić information content (AvgIpc) is 2.46. The lowest BCUT2D eigenvalue weighted by Crippen LogP contribution is -2.46. The molecule has 2 rings (SSSR count). The van der Waals surface area contributed by atoms with Crippen LogP contribution >= 0.6 is 12.4 Å². The molecule has 1 aromatic rings. The Balaban J connectivity index is 0.00000264. The summed E-state index contributed by atoms with van der Waals surface area (Å²) in [6, 6.07) is 3.53. The highest BCUT2D eigenvalue weighted by Crippen LogP contribution is 2.28. The molecule has 1 aromatic carbocycles. The van der Waals surface area contributed by atoms with E-state index in [9.17, 15) is 18.5 Å². The van der Waals surface area contributed by atoms with Crippen LogP contribution in [0.15, 0.2) is 23.1 Å². The molecule has 10 heteroatoms. The second kappa shape index (κ2) is 7.91. The third-order valence-electron chi connectivity index (χ3n) is 3.59. The van der Waals surface area contributed by atoms with Gasteiger partial charge in [-0.05, 0) is 32.4 Å². The molecule has 0 spiro atoms. The maximum atomic E-state index is 12.5. The van der Waals surface area contributed by atoms with E-state index in [1.807, 2.05) is 6.92 Å². The third kappa shape index (κ3) is 4.77. The Hall–Kier alpha value is -1.42. The number of ether oxygens (including phenoxy) is 1. The lowest BCUT2D eigenvalue weighted by atomic mass is 10.0. The zero-order valence-electron chi connectivity index (χ0n) is 12.8. The predicted molar refractivity (Wildman–Crippen MR) is 87.7 cm³/mol. The Morgan fingerprint density at radius 3 is 2.70 bits per heavy atom. The zero-order chi connectivity index (χ0) is 16.3. The van der Waals surface area contributed by atoms with Crippen LogP contribution in [0, 0.1) is 10.1 Å². The molecule has 0 amide bonds. The fourth-order valence-corrected chi connectivity index (χ4v) is 3.98. The van der Waals surface area contributed by atoms with Crippen LogP contribution in [0.4, 0.5) is 5.69 Å². The molecule has 0 bridgehead atoms. The fourth-order valence-electron chi connectivity index (χ4n) is 2.51. The number of nitrogens with one attached hydrogen (secondary N) is 2. The van der Waals surface area contributed by atoms with Crippen molar-refractivity contribution >= 4 is 28.1 Å². The number of nitro benzene ring substituents is 1. The van der Waals surface area contributed by atoms with Crippen LogP contribution in [0.25, 0.3) is 0 Å². The lowest BCUT2D eigenvalue weighted by molar-refractivity contribution is -0.385. The molecule has 0 aromatic heterocycles. The molecule has 0 saturated carbocycles. The minimum atomic E-state index is -3.89. The molecule has 8 nitrogen and oxygen atoms in total. The number of hydrogen-bond donors (Lipinski definition) is 2. The van der Waals surface area contributed by atoms with Crippen LogP contribution in [-0.2, 0) is 10.0 Å². The predicted octanol–water partition coefficient (Wildman–Crippen LogP) is 1.44. The molecule has 2 unspecified atom stereocenters. The van der Waals surface area contributed by atoms with Crippen molar-refractivity contribution in [1.82, 2.24) is 10.0 Å². The maximum absolute atomic E-state index is 12.5. The normalized spacial score (nSPS) is 21.3. The number of sulfonamides is 1. The van der Waals surface area contributed by atoms with E-state index in [1.165, 1.54) is 19.2 Å². The number of benzene rings is 1. The highest BCUT2D eigenvalue weighted by molar-refractivity contribution is 7.89. The van der Waals surface area contributed by atoms with Gasteiger partial charge >= 0.3 is 0 Å². The van der Waals surface area contributed by atoms with E-state index in [4.69, 9.17) is 4.74 Å². The van der Waals surface area contributed by atoms with Crippen LogP contribution in [0.1, 0.15) is 19.8 Å². The van der Waals surface area contributed by atoms with Gasteiger partial charge in [-0.2, -0.15) is 0 Å². The monoisotopic (exact) mass is 365 g/mol. The first-order valence-corrected chi connectivity index (χ1v) is 8.40. The molecular formula is C13H20ClN3O5S. The minimum Gasteiger partial charge on any atom is -0.495 e. The molecule has 1 aliphatic rings. The van der Waals surface area contributed by atoms with Gasteiger partial charge in [-0.1, -0.05) is 0 Å². The van der Waals surface area contributed by atoms with E-state index < -0.39 is 14.9 Å². The smallest absolute Gasteiger partial charge is 0.271 e. The van der Waals surface area contributed by atoms with Gasteiger partial charge in [0.05, 0.1) is 12.0 Å². The molecule has 1 aliphatic heterocycles. The first kappa shape index (κ1) is 19.6. The quantitative estimate of drug-likeness (QED) is 0.603. The SMILES string of the molecule is COc1ccc([N+](=O)[O-])cc1S(=O)(=O)NC1CCNC(C)C1.Cl. The van der Waals surface area contributed by atoms with Crippen LogP contribution in [0.5, 0.6) is 5.75 Å². The van der Waals surface area contributed by atoms with Crippen molar-refractivity contribution in [3.05, 3.63) is 28.3 Å². The number of hydrogen-bond acceptors (Lipinski definition) is 6. The molecule has 2 N–H and O–H groups in total. The summed E-state index contributed by atoms with van der Waals surface area (Å²) < 4.78 is 32.7. The molecule has 0 aliphatic carbocycles. The zero-order valence-corrected chi connectivity index (χ0v) is 14.4. The van der Waals surface area contributed by atoms with Gasteiger partial charge in [0.2, 0.25) is 10.0 Å². The van der Waals surface area contributed by atoms with E-state index in [0.717, 1.165) is 12.6 Å². The summed E-state index contributed by atoms with van der Waals surface area (Å²) >= 11 is 0. The summed E-state index contributed by atoms with van der Waals surface area (Å²) in [5.74, 6) is 0.0834. The third-order valence-corrected chi connectivity index (χ3v) is 5.13. The van der Waals surface area contributed by atoms with Crippen LogP contribution < -0.4 is 14.8 Å². The highest BCUT2D eigenvalue weighted by Gasteiger charge is 2.28. The Kier molecular flexibility index (Phi) is 6.75. The number of nitro groups is 1. The average molecular weight is 366 g/mol. The summed E-state index contributed by atoms with van der Waals surface area (Å²) in [6.07, 6.45) is 1.33. The van der Waals surface area contributed by atoms with Gasteiger partial charge in [-0.3, -0.25) is 10.1 Å². The molecule has 1 heterocycles. The molecular weight excluding hydrogens is 346 g/mol. The molecule has 23 heavy (non-hydrogen) atoms. The van der Waals surface area contributed by atoms with E-state index in [-0.39, 0.29) is 40.8 Å². The van der Waals surface area contributed by atoms with Crippen LogP contribution in [0.2, 0.25) is 0 Å². The molecule has 2 atom stereocenters. The Bertz CT molecular complexity index is 668. The number of nitrogens with zero attached hydrogens (tertiary/aromatic N) is 1. The van der Waals surface area contributed by atoms with Crippen molar-refractivity contribution in [3.63, 3.8) is 0 Å². The van der Waals surface area contributed by atoms with Crippen molar-refractivity contribution in [3.8, 4) is 5.75 Å². The van der Waals surface area contributed by atoms with E-state index in [2.05, 4.69) is 10.0 Å². The number of methoxy groups -OCH3 is 1. The molecule has 1 saturated heterocycles. The summed E-state index contributed by atoms with van der Waals surface area (Å²) in [5, 5.41) is 14.1. The fraction of sp³-hybridized carbons (Fsp3) is 0.538. The Morgan fingerprint density at radius 2 is 2.13 bits per heavy atom. The number of piperidine rings is 1. The van der Waals surface area contributed by atoms with Gasteiger partial charge in [-0.25, -0.2) is 13.1 Å². The second-order valence-electron chi connectivity index (χ2n) is 5.29. The first-order chi connectivity index (χ1) is 10.3. The minimum absolute atomic E-state index is 0. The maximum Gasteiger partial charge on any atom is 0.271 e. The number of rotatable bonds is 5. The molecule has 130 valence electrons. The summed E-state index contributed by atoms with van der Waals surface area (Å²) in [7, 11) is -2.56. The molecule has 0 radical (unpaired) electrons. The van der Waals surface area contributed by atoms with Gasteiger partial charge in [0.1, 0.15) is 10.6 Å². The first-order valence-electron chi connectivity index (χ1n) is 6.91. The molecule has 1 fully saturated rings. The Labute approximate surface area is 141 Å². The van der Waals surface area contributed by atoms with Crippen molar-refractivity contribution in [1.29, 1.82) is 0 Å². The highest BCUT2D eigenvalue weighted by atomic mass is 35.5. The van der Waals surface area contributed by atoms with E-state index in [1.54, 1.807) is 0 Å². The van der Waals surface area contributed by atoms with Gasteiger partial charge in [0.25, 0.3) is 5.69 Å². The van der Waals surface area contributed by atoms with Crippen molar-refractivity contribution in [2.75, 3.05) is 13.7 Å². The Morgan fingerprint density at radius 1 is 1.43 bits per heavy atom. The largest absolute Gasteiger partial charge is 0.495 e. The van der Waals surface area contributed by atoms with Crippen molar-refractivity contribution < 1.29 is 18.1 Å². The number of halogens is 1. The van der Waals surface area contributed by atoms with Crippen molar-refractivity contribution in [2.24, 2.45) is 0 Å².